The first-order chi connectivity index (χ1) is 13.4. The van der Waals surface area contributed by atoms with Crippen LogP contribution in [0.4, 0.5) is 11.4 Å². The van der Waals surface area contributed by atoms with Gasteiger partial charge in [-0.3, -0.25) is 19.6 Å². The number of hydrogen-bond acceptors (Lipinski definition) is 4. The van der Waals surface area contributed by atoms with Gasteiger partial charge in [0.2, 0.25) is 5.91 Å². The van der Waals surface area contributed by atoms with E-state index in [1.54, 1.807) is 32.0 Å². The van der Waals surface area contributed by atoms with E-state index in [4.69, 9.17) is 0 Å². The zero-order valence-electron chi connectivity index (χ0n) is 15.5. The number of nitrogens with one attached hydrogen (secondary N) is 1. The van der Waals surface area contributed by atoms with Crippen LogP contribution in [-0.4, -0.2) is 20.6 Å². The molecule has 0 bridgehead atoms. The largest absolute Gasteiger partial charge is 0.324 e. The van der Waals surface area contributed by atoms with Gasteiger partial charge < -0.3 is 5.32 Å². The van der Waals surface area contributed by atoms with Crippen molar-refractivity contribution in [2.75, 3.05) is 5.32 Å². The van der Waals surface area contributed by atoms with Crippen molar-refractivity contribution in [1.29, 1.82) is 0 Å². The number of rotatable bonds is 4. The Morgan fingerprint density at radius 2 is 1.79 bits per heavy atom. The van der Waals surface area contributed by atoms with Crippen molar-refractivity contribution < 1.29 is 9.72 Å². The third-order valence-electron chi connectivity index (χ3n) is 4.09. The summed E-state index contributed by atoms with van der Waals surface area (Å²) in [7, 11) is 0. The van der Waals surface area contributed by atoms with E-state index in [0.717, 1.165) is 11.1 Å². The molecule has 1 amide bonds. The molecule has 0 radical (unpaired) electrons. The predicted molar refractivity (Wildman–Crippen MR) is 106 cm³/mol. The molecule has 7 nitrogen and oxygen atoms in total. The monoisotopic (exact) mass is 374 g/mol. The van der Waals surface area contributed by atoms with E-state index in [9.17, 15) is 14.9 Å². The summed E-state index contributed by atoms with van der Waals surface area (Å²) in [6, 6.07) is 16.8. The zero-order chi connectivity index (χ0) is 20.1. The van der Waals surface area contributed by atoms with Gasteiger partial charge in [-0.1, -0.05) is 36.1 Å². The van der Waals surface area contributed by atoms with E-state index in [0.29, 0.717) is 11.4 Å². The fourth-order valence-electron chi connectivity index (χ4n) is 2.78. The number of anilines is 1. The molecule has 0 spiro atoms. The molecule has 0 aliphatic heterocycles. The molecule has 1 heterocycles. The predicted octanol–water partition coefficient (Wildman–Crippen LogP) is 3.45. The molecule has 140 valence electrons. The van der Waals surface area contributed by atoms with Gasteiger partial charge >= 0.3 is 5.69 Å². The Morgan fingerprint density at radius 1 is 1.11 bits per heavy atom. The number of carbonyl (C=O) groups excluding carboxylic acids is 1. The number of nitrogens with zero attached hydrogens (tertiary/aromatic N) is 3. The summed E-state index contributed by atoms with van der Waals surface area (Å²) in [5.74, 6) is 5.81. The van der Waals surface area contributed by atoms with Crippen molar-refractivity contribution in [2.24, 2.45) is 0 Å². The highest BCUT2D eigenvalue weighted by Crippen LogP contribution is 2.21. The lowest BCUT2D eigenvalue weighted by atomic mass is 10.1. The number of benzene rings is 2. The molecule has 0 aliphatic carbocycles. The van der Waals surface area contributed by atoms with Crippen molar-refractivity contribution >= 4 is 17.3 Å². The standard InChI is InChI=1S/C21H18N4O3/c1-15-21(25(27)28)16(2)24(23-15)14-20(26)22-19-10-6-9-18(13-19)12-11-17-7-4-3-5-8-17/h3-10,13H,14H2,1-2H3,(H,22,26). The van der Waals surface area contributed by atoms with E-state index in [1.165, 1.54) is 4.68 Å². The third kappa shape index (κ3) is 4.43. The van der Waals surface area contributed by atoms with Crippen LogP contribution >= 0.6 is 0 Å². The van der Waals surface area contributed by atoms with Crippen molar-refractivity contribution in [3.63, 3.8) is 0 Å². The number of hydrogen-bond donors (Lipinski definition) is 1. The molecule has 0 saturated heterocycles. The third-order valence-corrected chi connectivity index (χ3v) is 4.09. The lowest BCUT2D eigenvalue weighted by Crippen LogP contribution is -2.20. The van der Waals surface area contributed by atoms with Gasteiger partial charge in [-0.2, -0.15) is 5.10 Å². The van der Waals surface area contributed by atoms with Crippen LogP contribution < -0.4 is 5.32 Å². The van der Waals surface area contributed by atoms with Crippen LogP contribution in [0.1, 0.15) is 22.5 Å². The topological polar surface area (TPSA) is 90.1 Å². The summed E-state index contributed by atoms with van der Waals surface area (Å²) < 4.78 is 1.34. The molecule has 0 fully saturated rings. The molecule has 3 aromatic rings. The Labute approximate surface area is 162 Å². The highest BCUT2D eigenvalue weighted by atomic mass is 16.6. The first-order valence-corrected chi connectivity index (χ1v) is 8.59. The quantitative estimate of drug-likeness (QED) is 0.430. The molecule has 2 aromatic carbocycles. The maximum absolute atomic E-state index is 12.3. The lowest BCUT2D eigenvalue weighted by Gasteiger charge is -2.07. The van der Waals surface area contributed by atoms with Gasteiger partial charge in [-0.15, -0.1) is 0 Å². The highest BCUT2D eigenvalue weighted by Gasteiger charge is 2.22. The Bertz CT molecular complexity index is 1090. The molecule has 0 atom stereocenters. The second-order valence-electron chi connectivity index (χ2n) is 6.18. The number of nitro groups is 1. The molecule has 0 saturated carbocycles. The Hall–Kier alpha value is -3.92. The average molecular weight is 374 g/mol. The van der Waals surface area contributed by atoms with Crippen molar-refractivity contribution in [1.82, 2.24) is 9.78 Å². The maximum atomic E-state index is 12.3. The summed E-state index contributed by atoms with van der Waals surface area (Å²) in [5.41, 5.74) is 2.84. The molecular formula is C21H18N4O3. The smallest absolute Gasteiger partial charge is 0.312 e. The first-order valence-electron chi connectivity index (χ1n) is 8.59. The van der Waals surface area contributed by atoms with Crippen LogP contribution in [0.15, 0.2) is 54.6 Å². The van der Waals surface area contributed by atoms with Crippen LogP contribution in [-0.2, 0) is 11.3 Å². The van der Waals surface area contributed by atoms with Crippen molar-refractivity contribution in [3.05, 3.63) is 87.2 Å². The van der Waals surface area contributed by atoms with Gasteiger partial charge in [-0.25, -0.2) is 0 Å². The van der Waals surface area contributed by atoms with E-state index in [2.05, 4.69) is 22.3 Å². The zero-order valence-corrected chi connectivity index (χ0v) is 15.5. The highest BCUT2D eigenvalue weighted by molar-refractivity contribution is 5.90. The van der Waals surface area contributed by atoms with Crippen LogP contribution in [0, 0.1) is 35.8 Å². The fraction of sp³-hybridized carbons (Fsp3) is 0.143. The van der Waals surface area contributed by atoms with E-state index < -0.39 is 4.92 Å². The first kappa shape index (κ1) is 18.9. The number of aromatic nitrogens is 2. The minimum atomic E-state index is -0.485. The summed E-state index contributed by atoms with van der Waals surface area (Å²) >= 11 is 0. The SMILES string of the molecule is Cc1nn(CC(=O)Nc2cccc(C#Cc3ccccc3)c2)c(C)c1[N+](=O)[O-]. The number of carbonyl (C=O) groups is 1. The van der Waals surface area contributed by atoms with Gasteiger partial charge in [0.1, 0.15) is 17.9 Å². The lowest BCUT2D eigenvalue weighted by molar-refractivity contribution is -0.386. The summed E-state index contributed by atoms with van der Waals surface area (Å²) in [4.78, 5) is 22.9. The van der Waals surface area contributed by atoms with Crippen molar-refractivity contribution in [2.45, 2.75) is 20.4 Å². The van der Waals surface area contributed by atoms with E-state index in [1.807, 2.05) is 36.4 Å². The average Bonchev–Trinajstić information content (AvgIpc) is 2.94. The van der Waals surface area contributed by atoms with E-state index in [-0.39, 0.29) is 23.8 Å². The van der Waals surface area contributed by atoms with Gasteiger partial charge in [0.15, 0.2) is 0 Å². The summed E-state index contributed by atoms with van der Waals surface area (Å²) in [6.07, 6.45) is 0. The maximum Gasteiger partial charge on any atom is 0.312 e. The minimum absolute atomic E-state index is 0.0639. The van der Waals surface area contributed by atoms with Crippen LogP contribution in [0.25, 0.3) is 0 Å². The molecule has 0 unspecified atom stereocenters. The van der Waals surface area contributed by atoms with E-state index >= 15 is 0 Å². The normalized spacial score (nSPS) is 10.1. The van der Waals surface area contributed by atoms with Gasteiger partial charge in [-0.05, 0) is 44.2 Å². The molecular weight excluding hydrogens is 356 g/mol. The molecule has 1 N–H and O–H groups in total. The second-order valence-corrected chi connectivity index (χ2v) is 6.18. The minimum Gasteiger partial charge on any atom is -0.324 e. The molecule has 0 aliphatic rings. The van der Waals surface area contributed by atoms with Gasteiger partial charge in [0, 0.05) is 16.8 Å². The van der Waals surface area contributed by atoms with Crippen molar-refractivity contribution in [3.8, 4) is 11.8 Å². The van der Waals surface area contributed by atoms with Gasteiger partial charge in [0.25, 0.3) is 0 Å². The number of amides is 1. The van der Waals surface area contributed by atoms with Crippen LogP contribution in [0.5, 0.6) is 0 Å². The molecule has 28 heavy (non-hydrogen) atoms. The Morgan fingerprint density at radius 3 is 2.46 bits per heavy atom. The fourth-order valence-corrected chi connectivity index (χ4v) is 2.78. The molecule has 3 rings (SSSR count). The Balaban J connectivity index is 1.71. The van der Waals surface area contributed by atoms with Gasteiger partial charge in [0.05, 0.1) is 4.92 Å². The second kappa shape index (κ2) is 8.18. The summed E-state index contributed by atoms with van der Waals surface area (Å²) in [6.45, 7) is 3.01. The van der Waals surface area contributed by atoms with Crippen LogP contribution in [0.2, 0.25) is 0 Å². The molecule has 7 heteroatoms. The Kier molecular flexibility index (Phi) is 5.51. The summed E-state index contributed by atoms with van der Waals surface area (Å²) in [5, 5.41) is 17.9. The van der Waals surface area contributed by atoms with Crippen LogP contribution in [0.3, 0.4) is 0 Å². The number of aryl methyl sites for hydroxylation is 1. The molecule has 1 aromatic heterocycles.